The third kappa shape index (κ3) is 4.48. The van der Waals surface area contributed by atoms with Crippen molar-refractivity contribution >= 4 is 28.4 Å². The number of nitrogens with zero attached hydrogens (tertiary/aromatic N) is 7. The summed E-state index contributed by atoms with van der Waals surface area (Å²) in [6, 6.07) is 5.87. The molecule has 0 radical (unpaired) electrons. The zero-order chi connectivity index (χ0) is 25.4. The van der Waals surface area contributed by atoms with Crippen LogP contribution < -0.4 is 10.6 Å². The van der Waals surface area contributed by atoms with E-state index in [1.54, 1.807) is 11.6 Å². The van der Waals surface area contributed by atoms with Crippen molar-refractivity contribution in [1.29, 1.82) is 0 Å². The van der Waals surface area contributed by atoms with Crippen molar-refractivity contribution in [2.24, 2.45) is 0 Å². The molecular formula is C25H34FN9O. The number of ether oxygens (including phenoxy) is 1. The molecule has 0 spiro atoms. The summed E-state index contributed by atoms with van der Waals surface area (Å²) in [4.78, 5) is 16.4. The lowest BCUT2D eigenvalue weighted by Crippen LogP contribution is -2.48. The lowest BCUT2D eigenvalue weighted by molar-refractivity contribution is 0.0918. The van der Waals surface area contributed by atoms with Crippen LogP contribution in [0.25, 0.3) is 27.9 Å². The number of aromatic nitrogens is 6. The Balaban J connectivity index is 1.44. The number of alkyl halides is 1. The van der Waals surface area contributed by atoms with Crippen LogP contribution in [0.2, 0.25) is 0 Å². The maximum atomic E-state index is 14.9. The SMILES string of the molecule is CNc1nc(N[C@@H]2CCN(CCOC)C[C@H]2F)nn2ccc(-c3ccc4nc(C)n(C(C)C)c4n3)c12. The van der Waals surface area contributed by atoms with Gasteiger partial charge in [0.1, 0.15) is 23.0 Å². The molecule has 2 atom stereocenters. The first-order valence-electron chi connectivity index (χ1n) is 12.4. The van der Waals surface area contributed by atoms with Gasteiger partial charge in [0.25, 0.3) is 0 Å². The van der Waals surface area contributed by atoms with Gasteiger partial charge in [-0.3, -0.25) is 4.90 Å². The van der Waals surface area contributed by atoms with Crippen LogP contribution in [0.4, 0.5) is 16.2 Å². The fourth-order valence-electron chi connectivity index (χ4n) is 5.04. The molecule has 0 bridgehead atoms. The van der Waals surface area contributed by atoms with Crippen LogP contribution in [0.1, 0.15) is 32.1 Å². The summed E-state index contributed by atoms with van der Waals surface area (Å²) in [7, 11) is 3.49. The number of anilines is 2. The summed E-state index contributed by atoms with van der Waals surface area (Å²) < 4.78 is 23.9. The van der Waals surface area contributed by atoms with Crippen LogP contribution in [-0.4, -0.2) is 86.6 Å². The molecule has 0 amide bonds. The van der Waals surface area contributed by atoms with Gasteiger partial charge in [-0.05, 0) is 45.4 Å². The van der Waals surface area contributed by atoms with Crippen molar-refractivity contribution in [3.05, 3.63) is 30.2 Å². The van der Waals surface area contributed by atoms with Crippen LogP contribution in [0.15, 0.2) is 24.4 Å². The molecule has 192 valence electrons. The van der Waals surface area contributed by atoms with Crippen LogP contribution in [-0.2, 0) is 4.74 Å². The monoisotopic (exact) mass is 495 g/mol. The minimum Gasteiger partial charge on any atom is -0.383 e. The highest BCUT2D eigenvalue weighted by Gasteiger charge is 2.30. The second-order valence-corrected chi connectivity index (χ2v) is 9.57. The van der Waals surface area contributed by atoms with Gasteiger partial charge in [0.2, 0.25) is 5.95 Å². The summed E-state index contributed by atoms with van der Waals surface area (Å²) in [5, 5.41) is 11.1. The topological polar surface area (TPSA) is 97.4 Å². The molecule has 0 aromatic carbocycles. The molecule has 0 aliphatic carbocycles. The predicted octanol–water partition coefficient (Wildman–Crippen LogP) is 3.54. The predicted molar refractivity (Wildman–Crippen MR) is 139 cm³/mol. The number of likely N-dealkylation sites (tertiary alicyclic amines) is 1. The Bertz CT molecular complexity index is 1360. The maximum absolute atomic E-state index is 14.9. The Labute approximate surface area is 209 Å². The molecule has 1 aliphatic heterocycles. The minimum absolute atomic E-state index is 0.250. The molecule has 36 heavy (non-hydrogen) atoms. The van der Waals surface area contributed by atoms with Gasteiger partial charge in [-0.2, -0.15) is 4.98 Å². The highest BCUT2D eigenvalue weighted by molar-refractivity contribution is 5.89. The highest BCUT2D eigenvalue weighted by Crippen LogP contribution is 2.31. The van der Waals surface area contributed by atoms with E-state index in [1.165, 1.54) is 0 Å². The number of halogens is 1. The summed E-state index contributed by atoms with van der Waals surface area (Å²) in [5.74, 6) is 1.98. The van der Waals surface area contributed by atoms with E-state index in [0.29, 0.717) is 31.3 Å². The fourth-order valence-corrected chi connectivity index (χ4v) is 5.04. The summed E-state index contributed by atoms with van der Waals surface area (Å²) in [5.41, 5.74) is 4.28. The Morgan fingerprint density at radius 2 is 2.03 bits per heavy atom. The van der Waals surface area contributed by atoms with Crippen LogP contribution >= 0.6 is 0 Å². The molecule has 0 saturated carbocycles. The van der Waals surface area contributed by atoms with E-state index in [0.717, 1.165) is 46.9 Å². The molecule has 10 nitrogen and oxygen atoms in total. The zero-order valence-electron chi connectivity index (χ0n) is 21.5. The largest absolute Gasteiger partial charge is 0.383 e. The van der Waals surface area contributed by atoms with Crippen molar-refractivity contribution in [2.45, 2.75) is 45.4 Å². The number of aryl methyl sites for hydroxylation is 1. The van der Waals surface area contributed by atoms with Gasteiger partial charge in [-0.15, -0.1) is 5.10 Å². The van der Waals surface area contributed by atoms with Gasteiger partial charge in [0, 0.05) is 51.6 Å². The molecule has 4 aromatic heterocycles. The van der Waals surface area contributed by atoms with Gasteiger partial charge < -0.3 is 19.9 Å². The first-order chi connectivity index (χ1) is 17.4. The zero-order valence-corrected chi connectivity index (χ0v) is 21.5. The molecular weight excluding hydrogens is 461 g/mol. The quantitative estimate of drug-likeness (QED) is 0.383. The number of hydrogen-bond acceptors (Lipinski definition) is 8. The van der Waals surface area contributed by atoms with Crippen molar-refractivity contribution in [3.8, 4) is 11.3 Å². The van der Waals surface area contributed by atoms with Crippen LogP contribution in [0, 0.1) is 6.92 Å². The van der Waals surface area contributed by atoms with Crippen molar-refractivity contribution < 1.29 is 9.13 Å². The van der Waals surface area contributed by atoms with E-state index in [1.807, 2.05) is 38.4 Å². The highest BCUT2D eigenvalue weighted by atomic mass is 19.1. The average Bonchev–Trinajstić information content (AvgIpc) is 3.43. The number of imidazole rings is 1. The van der Waals surface area contributed by atoms with Gasteiger partial charge in [-0.25, -0.2) is 18.9 Å². The number of piperidine rings is 1. The number of hydrogen-bond donors (Lipinski definition) is 2. The maximum Gasteiger partial charge on any atom is 0.243 e. The summed E-state index contributed by atoms with van der Waals surface area (Å²) >= 11 is 0. The lowest BCUT2D eigenvalue weighted by Gasteiger charge is -2.34. The van der Waals surface area contributed by atoms with Gasteiger partial charge in [0.05, 0.1) is 18.3 Å². The number of pyridine rings is 1. The average molecular weight is 496 g/mol. The van der Waals surface area contributed by atoms with Crippen LogP contribution in [0.3, 0.4) is 0 Å². The molecule has 5 rings (SSSR count). The number of fused-ring (bicyclic) bond motifs is 2. The van der Waals surface area contributed by atoms with E-state index in [9.17, 15) is 4.39 Å². The molecule has 1 saturated heterocycles. The number of methoxy groups -OCH3 is 1. The van der Waals surface area contributed by atoms with Gasteiger partial charge in [0.15, 0.2) is 11.5 Å². The molecule has 0 unspecified atom stereocenters. The third-order valence-corrected chi connectivity index (χ3v) is 6.81. The van der Waals surface area contributed by atoms with Crippen molar-refractivity contribution in [3.63, 3.8) is 0 Å². The summed E-state index contributed by atoms with van der Waals surface area (Å²) in [6.45, 7) is 8.77. The number of rotatable bonds is 8. The molecule has 5 heterocycles. The Morgan fingerprint density at radius 1 is 1.19 bits per heavy atom. The first-order valence-corrected chi connectivity index (χ1v) is 12.4. The number of nitrogens with one attached hydrogen (secondary N) is 2. The van der Waals surface area contributed by atoms with E-state index >= 15 is 0 Å². The molecule has 11 heteroatoms. The molecule has 1 aliphatic rings. The van der Waals surface area contributed by atoms with E-state index in [4.69, 9.17) is 9.72 Å². The minimum atomic E-state index is -1.02. The second kappa shape index (κ2) is 9.98. The lowest BCUT2D eigenvalue weighted by atomic mass is 10.0. The normalized spacial score (nSPS) is 19.0. The molecule has 1 fully saturated rings. The van der Waals surface area contributed by atoms with Gasteiger partial charge in [-0.1, -0.05) is 0 Å². The van der Waals surface area contributed by atoms with E-state index < -0.39 is 6.17 Å². The molecule has 4 aromatic rings. The van der Waals surface area contributed by atoms with E-state index in [2.05, 4.69) is 49.0 Å². The first kappa shape index (κ1) is 24.4. The Hall–Kier alpha value is -3.31. The van der Waals surface area contributed by atoms with Crippen molar-refractivity contribution in [2.75, 3.05) is 51.0 Å². The third-order valence-electron chi connectivity index (χ3n) is 6.81. The second-order valence-electron chi connectivity index (χ2n) is 9.57. The van der Waals surface area contributed by atoms with E-state index in [-0.39, 0.29) is 12.1 Å². The van der Waals surface area contributed by atoms with Gasteiger partial charge >= 0.3 is 0 Å². The summed E-state index contributed by atoms with van der Waals surface area (Å²) in [6.07, 6.45) is 1.54. The van der Waals surface area contributed by atoms with Crippen molar-refractivity contribution in [1.82, 2.24) is 34.0 Å². The Kier molecular flexibility index (Phi) is 6.76. The molecule has 2 N–H and O–H groups in total. The van der Waals surface area contributed by atoms with Crippen LogP contribution in [0.5, 0.6) is 0 Å². The Morgan fingerprint density at radius 3 is 2.75 bits per heavy atom. The fraction of sp³-hybridized carbons (Fsp3) is 0.520. The smallest absolute Gasteiger partial charge is 0.243 e. The standard InChI is InChI=1S/C25H34FN9O/c1-15(2)35-16(3)28-21-7-6-19(29-24(21)35)17-8-11-34-22(17)23(27-4)31-25(32-34)30-20-9-10-33(12-13-36-5)14-18(20)26/h6-8,11,15,18,20H,9-10,12-14H2,1-5H3,(H2,27,30,31,32)/t18-,20-/m1/s1.